The Morgan fingerprint density at radius 3 is 2.41 bits per heavy atom. The largest absolute Gasteiger partial charge is 0.339 e. The molecule has 2 aromatic rings. The average Bonchev–Trinajstić information content (AvgIpc) is 2.67. The summed E-state index contributed by atoms with van der Waals surface area (Å²) in [7, 11) is 0. The van der Waals surface area contributed by atoms with E-state index in [2.05, 4.69) is 5.32 Å². The van der Waals surface area contributed by atoms with Gasteiger partial charge in [-0.05, 0) is 51.1 Å². The molecule has 0 spiro atoms. The second kappa shape index (κ2) is 10.1. The van der Waals surface area contributed by atoms with Crippen molar-refractivity contribution in [3.8, 4) is 0 Å². The second-order valence-electron chi connectivity index (χ2n) is 6.39. The summed E-state index contributed by atoms with van der Waals surface area (Å²) in [4.78, 5) is 26.5. The molecule has 6 heteroatoms. The third-order valence-corrected chi connectivity index (χ3v) is 4.75. The summed E-state index contributed by atoms with van der Waals surface area (Å²) in [6, 6.07) is 14.8. The Morgan fingerprint density at radius 2 is 1.78 bits per heavy atom. The summed E-state index contributed by atoms with van der Waals surface area (Å²) in [6.45, 7) is 7.54. The predicted octanol–water partition coefficient (Wildman–Crippen LogP) is 3.09. The Bertz CT molecular complexity index is 773. The van der Waals surface area contributed by atoms with E-state index < -0.39 is 0 Å². The summed E-state index contributed by atoms with van der Waals surface area (Å²) in [6.07, 6.45) is 0. The minimum Gasteiger partial charge on any atom is -0.339 e. The van der Waals surface area contributed by atoms with Crippen molar-refractivity contribution in [2.45, 2.75) is 26.8 Å². The molecular weight excluding hydrogens is 362 g/mol. The first kappa shape index (κ1) is 20.9. The molecule has 1 atom stereocenters. The van der Waals surface area contributed by atoms with E-state index in [1.807, 2.05) is 50.4 Å². The van der Waals surface area contributed by atoms with Crippen molar-refractivity contribution in [3.05, 3.63) is 64.7 Å². The van der Waals surface area contributed by atoms with Gasteiger partial charge in [0.05, 0.1) is 0 Å². The van der Waals surface area contributed by atoms with Crippen LogP contribution in [0.15, 0.2) is 48.5 Å². The molecule has 0 aromatic heterocycles. The molecule has 3 N–H and O–H groups in total. The second-order valence-corrected chi connectivity index (χ2v) is 6.82. The van der Waals surface area contributed by atoms with Crippen LogP contribution in [0, 0.1) is 0 Å². The first-order valence-electron chi connectivity index (χ1n) is 9.22. The molecule has 27 heavy (non-hydrogen) atoms. The Labute approximate surface area is 165 Å². The number of nitrogens with one attached hydrogen (secondary N) is 1. The van der Waals surface area contributed by atoms with Crippen LogP contribution >= 0.6 is 11.6 Å². The van der Waals surface area contributed by atoms with Crippen LogP contribution in [0.2, 0.25) is 5.02 Å². The Morgan fingerprint density at radius 1 is 1.11 bits per heavy atom. The summed E-state index contributed by atoms with van der Waals surface area (Å²) in [5.41, 5.74) is 2.32. The molecule has 2 rings (SSSR count). The van der Waals surface area contributed by atoms with Crippen LogP contribution in [0.25, 0.3) is 0 Å². The van der Waals surface area contributed by atoms with Crippen molar-refractivity contribution < 1.29 is 14.9 Å². The summed E-state index contributed by atoms with van der Waals surface area (Å²) < 4.78 is 0. The molecule has 2 aromatic carbocycles. The number of quaternary nitrogens is 1. The van der Waals surface area contributed by atoms with Crippen LogP contribution in [-0.2, 0) is 4.79 Å². The highest BCUT2D eigenvalue weighted by atomic mass is 35.5. The van der Waals surface area contributed by atoms with Crippen molar-refractivity contribution >= 4 is 29.1 Å². The first-order valence-corrected chi connectivity index (χ1v) is 9.60. The summed E-state index contributed by atoms with van der Waals surface area (Å²) in [5.74, 6) is -0.137. The van der Waals surface area contributed by atoms with Gasteiger partial charge >= 0.3 is 0 Å². The number of anilines is 1. The van der Waals surface area contributed by atoms with Gasteiger partial charge in [-0.1, -0.05) is 29.8 Å². The SMILES string of the molecule is CCN(CC)C(=O)c1cccc(NC(=O)C[NH2+][C@H](C)c2ccc(Cl)cc2)c1. The van der Waals surface area contributed by atoms with Gasteiger partial charge in [-0.2, -0.15) is 0 Å². The Balaban J connectivity index is 1.92. The van der Waals surface area contributed by atoms with Gasteiger partial charge in [0, 0.05) is 34.9 Å². The van der Waals surface area contributed by atoms with E-state index in [0.717, 1.165) is 5.56 Å². The summed E-state index contributed by atoms with van der Waals surface area (Å²) >= 11 is 5.91. The molecule has 0 heterocycles. The van der Waals surface area contributed by atoms with Crippen LogP contribution in [0.4, 0.5) is 5.69 Å². The number of nitrogens with zero attached hydrogens (tertiary/aromatic N) is 1. The van der Waals surface area contributed by atoms with Gasteiger partial charge in [-0.25, -0.2) is 0 Å². The molecule has 144 valence electrons. The highest BCUT2D eigenvalue weighted by Gasteiger charge is 2.14. The monoisotopic (exact) mass is 388 g/mol. The minimum absolute atomic E-state index is 0.0287. The van der Waals surface area contributed by atoms with Crippen LogP contribution in [0.5, 0.6) is 0 Å². The standard InChI is InChI=1S/C21H26ClN3O2/c1-4-25(5-2)21(27)17-7-6-8-19(13-17)24-20(26)14-23-15(3)16-9-11-18(22)12-10-16/h6-13,15,23H,4-5,14H2,1-3H3,(H,24,26)/p+1/t15-/m1/s1. The number of carbonyl (C=O) groups excluding carboxylic acids is 2. The highest BCUT2D eigenvalue weighted by molar-refractivity contribution is 6.30. The van der Waals surface area contributed by atoms with Crippen molar-refractivity contribution in [2.75, 3.05) is 25.0 Å². The number of hydrogen-bond acceptors (Lipinski definition) is 2. The van der Waals surface area contributed by atoms with Crippen LogP contribution in [-0.4, -0.2) is 36.3 Å². The number of rotatable bonds is 8. The van der Waals surface area contributed by atoms with Crippen molar-refractivity contribution in [3.63, 3.8) is 0 Å². The van der Waals surface area contributed by atoms with Gasteiger partial charge in [0.2, 0.25) is 0 Å². The van der Waals surface area contributed by atoms with Crippen molar-refractivity contribution in [2.24, 2.45) is 0 Å². The lowest BCUT2D eigenvalue weighted by Crippen LogP contribution is -2.86. The molecular formula is C21H27ClN3O2+. The van der Waals surface area contributed by atoms with Crippen LogP contribution in [0.1, 0.15) is 42.7 Å². The molecule has 2 amide bonds. The van der Waals surface area contributed by atoms with Crippen molar-refractivity contribution in [1.82, 2.24) is 4.90 Å². The molecule has 0 aliphatic heterocycles. The fourth-order valence-electron chi connectivity index (χ4n) is 2.82. The van der Waals surface area contributed by atoms with Crippen LogP contribution < -0.4 is 10.6 Å². The maximum atomic E-state index is 12.4. The third kappa shape index (κ3) is 6.08. The van der Waals surface area contributed by atoms with Gasteiger partial charge in [0.1, 0.15) is 6.04 Å². The van der Waals surface area contributed by atoms with Gasteiger partial charge < -0.3 is 15.5 Å². The maximum absolute atomic E-state index is 12.4. The third-order valence-electron chi connectivity index (χ3n) is 4.50. The van der Waals surface area contributed by atoms with Gasteiger partial charge in [-0.15, -0.1) is 0 Å². The minimum atomic E-state index is -0.108. The first-order chi connectivity index (χ1) is 12.9. The van der Waals surface area contributed by atoms with Gasteiger partial charge in [0.25, 0.3) is 11.8 Å². The lowest BCUT2D eigenvalue weighted by molar-refractivity contribution is -0.682. The molecule has 0 radical (unpaired) electrons. The zero-order chi connectivity index (χ0) is 19.8. The Kier molecular flexibility index (Phi) is 7.82. The number of benzene rings is 2. The predicted molar refractivity (Wildman–Crippen MR) is 109 cm³/mol. The van der Waals surface area contributed by atoms with E-state index in [-0.39, 0.29) is 24.4 Å². The molecule has 0 bridgehead atoms. The topological polar surface area (TPSA) is 66.0 Å². The lowest BCUT2D eigenvalue weighted by Gasteiger charge is -2.19. The maximum Gasteiger partial charge on any atom is 0.279 e. The molecule has 0 aliphatic carbocycles. The highest BCUT2D eigenvalue weighted by Crippen LogP contribution is 2.14. The van der Waals surface area contributed by atoms with E-state index in [0.29, 0.717) is 29.4 Å². The summed E-state index contributed by atoms with van der Waals surface area (Å²) in [5, 5.41) is 5.52. The normalized spacial score (nSPS) is 11.7. The number of nitrogens with two attached hydrogens (primary N) is 1. The molecule has 5 nitrogen and oxygen atoms in total. The average molecular weight is 389 g/mol. The van der Waals surface area contributed by atoms with E-state index in [1.165, 1.54) is 0 Å². The lowest BCUT2D eigenvalue weighted by atomic mass is 10.1. The smallest absolute Gasteiger partial charge is 0.279 e. The molecule has 0 unspecified atom stereocenters. The Hall–Kier alpha value is -2.37. The molecule has 0 fully saturated rings. The van der Waals surface area contributed by atoms with Crippen molar-refractivity contribution in [1.29, 1.82) is 0 Å². The zero-order valence-electron chi connectivity index (χ0n) is 16.0. The van der Waals surface area contributed by atoms with Crippen LogP contribution in [0.3, 0.4) is 0 Å². The van der Waals surface area contributed by atoms with E-state index in [4.69, 9.17) is 11.6 Å². The van der Waals surface area contributed by atoms with Gasteiger partial charge in [-0.3, -0.25) is 9.59 Å². The number of amides is 2. The van der Waals surface area contributed by atoms with E-state index in [9.17, 15) is 9.59 Å². The van der Waals surface area contributed by atoms with E-state index in [1.54, 1.807) is 29.2 Å². The quantitative estimate of drug-likeness (QED) is 0.729. The number of halogens is 1. The van der Waals surface area contributed by atoms with E-state index >= 15 is 0 Å². The molecule has 0 saturated heterocycles. The fraction of sp³-hybridized carbons (Fsp3) is 0.333. The molecule has 0 aliphatic rings. The number of hydrogen-bond donors (Lipinski definition) is 2. The fourth-order valence-corrected chi connectivity index (χ4v) is 2.95. The van der Waals surface area contributed by atoms with Gasteiger partial charge in [0.15, 0.2) is 6.54 Å². The zero-order valence-corrected chi connectivity index (χ0v) is 16.8. The molecule has 0 saturated carbocycles. The number of carbonyl (C=O) groups is 2.